The highest BCUT2D eigenvalue weighted by Crippen LogP contribution is 2.44. The maximum Gasteiger partial charge on any atom is 0.271 e. The number of imidazole rings is 1. The fourth-order valence-corrected chi connectivity index (χ4v) is 6.85. The second-order valence-electron chi connectivity index (χ2n) is 10.6. The van der Waals surface area contributed by atoms with E-state index in [-0.39, 0.29) is 5.82 Å². The summed E-state index contributed by atoms with van der Waals surface area (Å²) in [5, 5.41) is -1.15. The monoisotopic (exact) mass is 584 g/mol. The highest BCUT2D eigenvalue weighted by atomic mass is 32.2. The standard InChI is InChI=1S/C32H32N4O5S/c1-21-8-5-6-11-23(21)14-17-40-27-19-26(30(27)42(37,38)39)32-35-28(29-31(33)34-15-16-36(29)32)24-12-7-13-25(18-24)41-20-22-9-3-2-4-10-22/h2-13,15-16,18,26-27,30H,14,17,19-20H2,1H3,(H2,33,34)(H,37,38,39). The van der Waals surface area contributed by atoms with Crippen molar-refractivity contribution in [3.63, 3.8) is 0 Å². The van der Waals surface area contributed by atoms with Gasteiger partial charge in [0.2, 0.25) is 0 Å². The van der Waals surface area contributed by atoms with Crippen LogP contribution in [0.2, 0.25) is 0 Å². The predicted octanol–water partition coefficient (Wildman–Crippen LogP) is 5.24. The fourth-order valence-electron chi connectivity index (χ4n) is 5.63. The van der Waals surface area contributed by atoms with Crippen LogP contribution < -0.4 is 10.5 Å². The third-order valence-electron chi connectivity index (χ3n) is 7.86. The number of hydrogen-bond acceptors (Lipinski definition) is 7. The summed E-state index contributed by atoms with van der Waals surface area (Å²) >= 11 is 0. The van der Waals surface area contributed by atoms with Crippen molar-refractivity contribution in [2.45, 2.75) is 43.6 Å². The Kier molecular flexibility index (Phi) is 7.68. The Labute approximate surface area is 244 Å². The van der Waals surface area contributed by atoms with E-state index in [0.717, 1.165) is 22.3 Å². The third kappa shape index (κ3) is 5.61. The van der Waals surface area contributed by atoms with Gasteiger partial charge in [-0.05, 0) is 48.6 Å². The molecule has 10 heteroatoms. The SMILES string of the molecule is Cc1ccccc1CCOC1CC(c2nc(-c3cccc(OCc4ccccc4)c3)c3c(N)nccn23)C1S(=O)(=O)O. The van der Waals surface area contributed by atoms with Gasteiger partial charge in [-0.25, -0.2) is 9.97 Å². The summed E-state index contributed by atoms with van der Waals surface area (Å²) in [4.78, 5) is 9.16. The van der Waals surface area contributed by atoms with Crippen LogP contribution in [0.15, 0.2) is 91.3 Å². The molecule has 0 saturated heterocycles. The third-order valence-corrected chi connectivity index (χ3v) is 9.18. The molecule has 2 aromatic heterocycles. The number of ether oxygens (including phenoxy) is 2. The maximum absolute atomic E-state index is 12.6. The van der Waals surface area contributed by atoms with Crippen LogP contribution >= 0.6 is 0 Å². The Morgan fingerprint density at radius 2 is 1.83 bits per heavy atom. The van der Waals surface area contributed by atoms with E-state index in [0.29, 0.717) is 48.8 Å². The van der Waals surface area contributed by atoms with Crippen LogP contribution in [0.25, 0.3) is 16.8 Å². The average molecular weight is 585 g/mol. The summed E-state index contributed by atoms with van der Waals surface area (Å²) in [6.07, 6.45) is 3.64. The summed E-state index contributed by atoms with van der Waals surface area (Å²) in [7, 11) is -4.44. The van der Waals surface area contributed by atoms with Gasteiger partial charge < -0.3 is 15.2 Å². The first kappa shape index (κ1) is 27.9. The topological polar surface area (TPSA) is 129 Å². The zero-order valence-electron chi connectivity index (χ0n) is 23.1. The van der Waals surface area contributed by atoms with Crippen molar-refractivity contribution in [2.24, 2.45) is 0 Å². The second kappa shape index (κ2) is 11.6. The zero-order valence-corrected chi connectivity index (χ0v) is 23.9. The minimum atomic E-state index is -4.44. The molecule has 0 bridgehead atoms. The zero-order chi connectivity index (χ0) is 29.3. The number of fused-ring (bicyclic) bond motifs is 1. The molecule has 0 aliphatic heterocycles. The molecular formula is C32H32N4O5S. The van der Waals surface area contributed by atoms with Gasteiger partial charge in [0.25, 0.3) is 10.1 Å². The van der Waals surface area contributed by atoms with Gasteiger partial charge in [-0.1, -0.05) is 66.7 Å². The van der Waals surface area contributed by atoms with E-state index >= 15 is 0 Å². The molecule has 0 amide bonds. The van der Waals surface area contributed by atoms with Gasteiger partial charge in [0.05, 0.1) is 12.7 Å². The highest BCUT2D eigenvalue weighted by Gasteiger charge is 2.52. The lowest BCUT2D eigenvalue weighted by molar-refractivity contribution is -0.00838. The smallest absolute Gasteiger partial charge is 0.271 e. The van der Waals surface area contributed by atoms with Gasteiger partial charge in [0.15, 0.2) is 0 Å². The number of benzene rings is 3. The molecule has 6 rings (SSSR count). The van der Waals surface area contributed by atoms with Gasteiger partial charge >= 0.3 is 0 Å². The minimum Gasteiger partial charge on any atom is -0.489 e. The number of rotatable bonds is 10. The van der Waals surface area contributed by atoms with Gasteiger partial charge in [-0.3, -0.25) is 8.95 Å². The predicted molar refractivity (Wildman–Crippen MR) is 161 cm³/mol. The Hall–Kier alpha value is -4.25. The van der Waals surface area contributed by atoms with E-state index in [1.807, 2.05) is 85.8 Å². The van der Waals surface area contributed by atoms with E-state index in [4.69, 9.17) is 20.2 Å². The van der Waals surface area contributed by atoms with Gasteiger partial charge in [0, 0.05) is 23.9 Å². The van der Waals surface area contributed by atoms with Crippen molar-refractivity contribution in [3.05, 3.63) is 114 Å². The van der Waals surface area contributed by atoms with Crippen LogP contribution in [-0.4, -0.2) is 45.3 Å². The molecule has 1 saturated carbocycles. The Morgan fingerprint density at radius 1 is 1.05 bits per heavy atom. The van der Waals surface area contributed by atoms with E-state index in [1.165, 1.54) is 0 Å². The lowest BCUT2D eigenvalue weighted by atomic mass is 9.80. The summed E-state index contributed by atoms with van der Waals surface area (Å²) in [5.41, 5.74) is 11.5. The van der Waals surface area contributed by atoms with Gasteiger partial charge in [-0.15, -0.1) is 0 Å². The average Bonchev–Trinajstić information content (AvgIpc) is 3.34. The molecule has 42 heavy (non-hydrogen) atoms. The van der Waals surface area contributed by atoms with Crippen LogP contribution in [-0.2, 0) is 27.9 Å². The Bertz CT molecular complexity index is 1820. The number of hydrogen-bond donors (Lipinski definition) is 2. The summed E-state index contributed by atoms with van der Waals surface area (Å²) in [6.45, 7) is 2.78. The number of aryl methyl sites for hydroxylation is 1. The van der Waals surface area contributed by atoms with Crippen LogP contribution in [0.1, 0.15) is 34.9 Å². The quantitative estimate of drug-likeness (QED) is 0.213. The van der Waals surface area contributed by atoms with Crippen LogP contribution in [0.5, 0.6) is 5.75 Å². The van der Waals surface area contributed by atoms with Crippen molar-refractivity contribution in [2.75, 3.05) is 12.3 Å². The van der Waals surface area contributed by atoms with E-state index in [1.54, 1.807) is 16.8 Å². The highest BCUT2D eigenvalue weighted by molar-refractivity contribution is 7.86. The number of anilines is 1. The molecule has 0 spiro atoms. The van der Waals surface area contributed by atoms with Crippen molar-refractivity contribution < 1.29 is 22.4 Å². The van der Waals surface area contributed by atoms with E-state index in [2.05, 4.69) is 4.98 Å². The van der Waals surface area contributed by atoms with Crippen LogP contribution in [0.3, 0.4) is 0 Å². The number of nitrogens with two attached hydrogens (primary N) is 1. The molecule has 216 valence electrons. The summed E-state index contributed by atoms with van der Waals surface area (Å²) in [5.74, 6) is 0.800. The maximum atomic E-state index is 12.6. The van der Waals surface area contributed by atoms with Crippen molar-refractivity contribution >= 4 is 21.5 Å². The van der Waals surface area contributed by atoms with Gasteiger partial charge in [0.1, 0.15) is 40.5 Å². The van der Waals surface area contributed by atoms with Crippen LogP contribution in [0.4, 0.5) is 5.82 Å². The fraction of sp³-hybridized carbons (Fsp3) is 0.250. The normalized spacial score (nSPS) is 18.6. The van der Waals surface area contributed by atoms with Gasteiger partial charge in [-0.2, -0.15) is 8.42 Å². The van der Waals surface area contributed by atoms with Crippen molar-refractivity contribution in [3.8, 4) is 17.0 Å². The summed E-state index contributed by atoms with van der Waals surface area (Å²) in [6, 6.07) is 25.4. The largest absolute Gasteiger partial charge is 0.489 e. The molecule has 1 aliphatic rings. The van der Waals surface area contributed by atoms with Crippen LogP contribution in [0, 0.1) is 6.92 Å². The first-order valence-corrected chi connectivity index (χ1v) is 15.3. The minimum absolute atomic E-state index is 0.260. The van der Waals surface area contributed by atoms with E-state index < -0.39 is 27.4 Å². The molecule has 3 atom stereocenters. The Morgan fingerprint density at radius 3 is 2.62 bits per heavy atom. The molecule has 3 aromatic carbocycles. The summed E-state index contributed by atoms with van der Waals surface area (Å²) < 4.78 is 49.2. The molecule has 3 unspecified atom stereocenters. The molecule has 9 nitrogen and oxygen atoms in total. The van der Waals surface area contributed by atoms with E-state index in [9.17, 15) is 13.0 Å². The first-order valence-electron chi connectivity index (χ1n) is 13.8. The van der Waals surface area contributed by atoms with Crippen molar-refractivity contribution in [1.82, 2.24) is 14.4 Å². The number of aromatic nitrogens is 3. The molecular weight excluding hydrogens is 552 g/mol. The molecule has 1 aliphatic carbocycles. The second-order valence-corrected chi connectivity index (χ2v) is 12.1. The van der Waals surface area contributed by atoms with Crippen molar-refractivity contribution in [1.29, 1.82) is 0 Å². The molecule has 1 fully saturated rings. The molecule has 3 N–H and O–H groups in total. The first-order chi connectivity index (χ1) is 20.3. The lowest BCUT2D eigenvalue weighted by Crippen LogP contribution is -2.52. The number of nitrogen functional groups attached to an aromatic ring is 1. The molecule has 5 aromatic rings. The molecule has 0 radical (unpaired) electrons. The molecule has 2 heterocycles. The number of nitrogens with zero attached hydrogens (tertiary/aromatic N) is 3. The lowest BCUT2D eigenvalue weighted by Gasteiger charge is -2.41. The Balaban J connectivity index is 1.27.